The van der Waals surface area contributed by atoms with Crippen LogP contribution in [0.1, 0.15) is 19.3 Å². The first-order chi connectivity index (χ1) is 8.45. The lowest BCUT2D eigenvalue weighted by Crippen LogP contribution is -2.38. The van der Waals surface area contributed by atoms with Crippen LogP contribution in [0.25, 0.3) is 0 Å². The van der Waals surface area contributed by atoms with Crippen LogP contribution in [0.5, 0.6) is 0 Å². The molecule has 0 radical (unpaired) electrons. The van der Waals surface area contributed by atoms with E-state index in [0.29, 0.717) is 12.8 Å². The van der Waals surface area contributed by atoms with Crippen molar-refractivity contribution >= 4 is 17.8 Å². The fraction of sp³-hybridized carbons (Fsp3) is 0.727. The van der Waals surface area contributed by atoms with Gasteiger partial charge in [-0.3, -0.25) is 9.59 Å². The first kappa shape index (κ1) is 14.4. The predicted molar refractivity (Wildman–Crippen MR) is 59.8 cm³/mol. The quantitative estimate of drug-likeness (QED) is 0.678. The van der Waals surface area contributed by atoms with E-state index in [1.54, 1.807) is 7.05 Å². The Hall–Kier alpha value is -1.63. The summed E-state index contributed by atoms with van der Waals surface area (Å²) in [5, 5.41) is 8.75. The van der Waals surface area contributed by atoms with Gasteiger partial charge in [0.25, 0.3) is 5.91 Å². The molecule has 2 unspecified atom stereocenters. The number of carbonyl (C=O) groups is 3. The second kappa shape index (κ2) is 6.34. The number of carbonyl (C=O) groups excluding carboxylic acids is 2. The molecule has 1 rings (SSSR count). The van der Waals surface area contributed by atoms with E-state index in [0.717, 1.165) is 0 Å². The Morgan fingerprint density at radius 3 is 2.44 bits per heavy atom. The van der Waals surface area contributed by atoms with Crippen molar-refractivity contribution in [2.45, 2.75) is 31.5 Å². The molecule has 102 valence electrons. The van der Waals surface area contributed by atoms with Gasteiger partial charge in [0.1, 0.15) is 6.10 Å². The predicted octanol–water partition coefficient (Wildman–Crippen LogP) is -0.360. The van der Waals surface area contributed by atoms with E-state index in [1.807, 2.05) is 0 Å². The Kier molecular flexibility index (Phi) is 5.08. The number of amides is 1. The van der Waals surface area contributed by atoms with Crippen LogP contribution >= 0.6 is 0 Å². The first-order valence-corrected chi connectivity index (χ1v) is 5.65. The highest BCUT2D eigenvalue weighted by Crippen LogP contribution is 2.21. The van der Waals surface area contributed by atoms with Gasteiger partial charge in [0, 0.05) is 13.6 Å². The van der Waals surface area contributed by atoms with Gasteiger partial charge in [-0.2, -0.15) is 0 Å². The minimum atomic E-state index is -1.05. The fourth-order valence-corrected chi connectivity index (χ4v) is 1.72. The summed E-state index contributed by atoms with van der Waals surface area (Å²) in [4.78, 5) is 34.8. The van der Waals surface area contributed by atoms with E-state index in [2.05, 4.69) is 4.74 Å². The van der Waals surface area contributed by atoms with Gasteiger partial charge in [-0.15, -0.1) is 0 Å². The number of carboxylic acid groups (broad SMARTS) is 1. The highest BCUT2D eigenvalue weighted by atomic mass is 16.5. The molecule has 18 heavy (non-hydrogen) atoms. The number of ether oxygens (including phenoxy) is 2. The summed E-state index contributed by atoms with van der Waals surface area (Å²) >= 11 is 0. The SMILES string of the molecule is COC(=O)CCN(C)C(=O)C1CCC(C(=O)O)O1. The normalized spacial score (nSPS) is 22.6. The van der Waals surface area contributed by atoms with Crippen LogP contribution in [0, 0.1) is 0 Å². The smallest absolute Gasteiger partial charge is 0.332 e. The van der Waals surface area contributed by atoms with Crippen LogP contribution < -0.4 is 0 Å². The summed E-state index contributed by atoms with van der Waals surface area (Å²) in [7, 11) is 2.82. The Balaban J connectivity index is 2.40. The van der Waals surface area contributed by atoms with Gasteiger partial charge >= 0.3 is 11.9 Å². The molecule has 0 saturated carbocycles. The van der Waals surface area contributed by atoms with Crippen molar-refractivity contribution < 1.29 is 29.0 Å². The Morgan fingerprint density at radius 2 is 1.94 bits per heavy atom. The fourth-order valence-electron chi connectivity index (χ4n) is 1.72. The standard InChI is InChI=1S/C11H17NO6/c1-12(6-5-9(13)17-2)10(14)7-3-4-8(18-7)11(15)16/h7-8H,3-6H2,1-2H3,(H,15,16). The van der Waals surface area contributed by atoms with Gasteiger partial charge in [-0.05, 0) is 12.8 Å². The minimum absolute atomic E-state index is 0.105. The molecule has 0 spiro atoms. The van der Waals surface area contributed by atoms with Crippen molar-refractivity contribution in [2.75, 3.05) is 20.7 Å². The molecule has 1 heterocycles. The molecular weight excluding hydrogens is 242 g/mol. The zero-order chi connectivity index (χ0) is 13.7. The molecule has 1 amide bonds. The number of aliphatic carboxylic acids is 1. The number of carboxylic acids is 1. The Bertz CT molecular complexity index is 342. The maximum Gasteiger partial charge on any atom is 0.332 e. The summed E-state index contributed by atoms with van der Waals surface area (Å²) < 4.78 is 9.60. The zero-order valence-electron chi connectivity index (χ0n) is 10.4. The summed E-state index contributed by atoms with van der Waals surface area (Å²) in [6.45, 7) is 0.225. The molecule has 1 aliphatic heterocycles. The molecule has 1 aliphatic rings. The third kappa shape index (κ3) is 3.69. The first-order valence-electron chi connectivity index (χ1n) is 5.65. The summed E-state index contributed by atoms with van der Waals surface area (Å²) in [5.74, 6) is -1.75. The van der Waals surface area contributed by atoms with E-state index in [4.69, 9.17) is 9.84 Å². The monoisotopic (exact) mass is 259 g/mol. The number of likely N-dealkylation sites (N-methyl/N-ethyl adjacent to an activating group) is 1. The molecule has 0 bridgehead atoms. The van der Waals surface area contributed by atoms with Crippen LogP contribution in [0.15, 0.2) is 0 Å². The molecule has 7 heteroatoms. The number of nitrogens with zero attached hydrogens (tertiary/aromatic N) is 1. The molecular formula is C11H17NO6. The summed E-state index contributed by atoms with van der Waals surface area (Å²) in [6.07, 6.45) is -0.815. The van der Waals surface area contributed by atoms with E-state index in [1.165, 1.54) is 12.0 Å². The summed E-state index contributed by atoms with van der Waals surface area (Å²) in [5.41, 5.74) is 0. The highest BCUT2D eigenvalue weighted by molar-refractivity contribution is 5.83. The molecule has 7 nitrogen and oxygen atoms in total. The second-order valence-electron chi connectivity index (χ2n) is 4.11. The van der Waals surface area contributed by atoms with E-state index < -0.39 is 24.1 Å². The average molecular weight is 259 g/mol. The largest absolute Gasteiger partial charge is 0.479 e. The minimum Gasteiger partial charge on any atom is -0.479 e. The number of esters is 1. The maximum absolute atomic E-state index is 11.9. The second-order valence-corrected chi connectivity index (χ2v) is 4.11. The maximum atomic E-state index is 11.9. The third-order valence-electron chi connectivity index (χ3n) is 2.83. The van der Waals surface area contributed by atoms with Crippen LogP contribution in [0.2, 0.25) is 0 Å². The van der Waals surface area contributed by atoms with Crippen LogP contribution in [-0.4, -0.2) is 60.8 Å². The van der Waals surface area contributed by atoms with Crippen molar-refractivity contribution in [2.24, 2.45) is 0 Å². The number of hydrogen-bond donors (Lipinski definition) is 1. The van der Waals surface area contributed by atoms with Gasteiger partial charge in [0.05, 0.1) is 13.5 Å². The molecule has 0 aromatic rings. The Labute approximate surface area is 105 Å². The van der Waals surface area contributed by atoms with Crippen molar-refractivity contribution in [3.05, 3.63) is 0 Å². The van der Waals surface area contributed by atoms with Gasteiger partial charge < -0.3 is 19.5 Å². The lowest BCUT2D eigenvalue weighted by molar-refractivity contribution is -0.154. The third-order valence-corrected chi connectivity index (χ3v) is 2.83. The van der Waals surface area contributed by atoms with Crippen molar-refractivity contribution in [3.63, 3.8) is 0 Å². The number of hydrogen-bond acceptors (Lipinski definition) is 5. The van der Waals surface area contributed by atoms with Gasteiger partial charge in [0.2, 0.25) is 0 Å². The average Bonchev–Trinajstić information content (AvgIpc) is 2.84. The molecule has 2 atom stereocenters. The lowest BCUT2D eigenvalue weighted by atomic mass is 10.2. The molecule has 1 saturated heterocycles. The summed E-state index contributed by atoms with van der Waals surface area (Å²) in [6, 6.07) is 0. The van der Waals surface area contributed by atoms with Crippen molar-refractivity contribution in [1.29, 1.82) is 0 Å². The number of methoxy groups -OCH3 is 1. The Morgan fingerprint density at radius 1 is 1.33 bits per heavy atom. The molecule has 0 aliphatic carbocycles. The van der Waals surface area contributed by atoms with Crippen LogP contribution in [-0.2, 0) is 23.9 Å². The van der Waals surface area contributed by atoms with Crippen molar-refractivity contribution in [1.82, 2.24) is 4.90 Å². The van der Waals surface area contributed by atoms with Crippen molar-refractivity contribution in [3.8, 4) is 0 Å². The van der Waals surface area contributed by atoms with Gasteiger partial charge in [0.15, 0.2) is 6.10 Å². The highest BCUT2D eigenvalue weighted by Gasteiger charge is 2.35. The van der Waals surface area contributed by atoms with E-state index in [-0.39, 0.29) is 18.9 Å². The lowest BCUT2D eigenvalue weighted by Gasteiger charge is -2.20. The topological polar surface area (TPSA) is 93.1 Å². The van der Waals surface area contributed by atoms with Gasteiger partial charge in [-0.1, -0.05) is 0 Å². The molecule has 1 N–H and O–H groups in total. The van der Waals surface area contributed by atoms with E-state index >= 15 is 0 Å². The van der Waals surface area contributed by atoms with E-state index in [9.17, 15) is 14.4 Å². The molecule has 1 fully saturated rings. The molecule has 0 aromatic heterocycles. The van der Waals surface area contributed by atoms with Crippen LogP contribution in [0.4, 0.5) is 0 Å². The number of rotatable bonds is 5. The zero-order valence-corrected chi connectivity index (χ0v) is 10.4. The van der Waals surface area contributed by atoms with Crippen LogP contribution in [0.3, 0.4) is 0 Å². The van der Waals surface area contributed by atoms with Gasteiger partial charge in [-0.25, -0.2) is 4.79 Å². The molecule has 0 aromatic carbocycles.